The summed E-state index contributed by atoms with van der Waals surface area (Å²) in [5.41, 5.74) is 1.67. The molecule has 0 N–H and O–H groups in total. The number of amides is 1. The lowest BCUT2D eigenvalue weighted by atomic mass is 10.1. The molecule has 0 saturated carbocycles. The molecule has 1 heterocycles. The van der Waals surface area contributed by atoms with Gasteiger partial charge in [-0.1, -0.05) is 30.3 Å². The Morgan fingerprint density at radius 2 is 1.95 bits per heavy atom. The molecule has 0 aliphatic rings. The molecule has 2 aromatic rings. The zero-order chi connectivity index (χ0) is 14.4. The van der Waals surface area contributed by atoms with E-state index in [9.17, 15) is 9.18 Å². The van der Waals surface area contributed by atoms with E-state index in [1.165, 1.54) is 23.9 Å². The van der Waals surface area contributed by atoms with Crippen LogP contribution in [0.1, 0.15) is 22.3 Å². The molecule has 3 nitrogen and oxygen atoms in total. The number of rotatable bonds is 5. The number of halogens is 1. The molecular weight excluding hydrogens is 255 g/mol. The van der Waals surface area contributed by atoms with E-state index in [-0.39, 0.29) is 5.91 Å². The Morgan fingerprint density at radius 3 is 2.60 bits per heavy atom. The van der Waals surface area contributed by atoms with Gasteiger partial charge in [-0.3, -0.25) is 4.79 Å². The fourth-order valence-corrected chi connectivity index (χ4v) is 1.99. The van der Waals surface area contributed by atoms with Crippen LogP contribution in [-0.2, 0) is 6.42 Å². The summed E-state index contributed by atoms with van der Waals surface area (Å²) in [6.45, 7) is 0.658. The Hall–Kier alpha value is -2.23. The van der Waals surface area contributed by atoms with Gasteiger partial charge in [0.25, 0.3) is 5.91 Å². The van der Waals surface area contributed by atoms with Crippen molar-refractivity contribution in [3.8, 4) is 0 Å². The fraction of sp³-hybridized carbons (Fsp3) is 0.250. The average molecular weight is 272 g/mol. The minimum Gasteiger partial charge on any atom is -0.342 e. The van der Waals surface area contributed by atoms with E-state index in [0.717, 1.165) is 12.8 Å². The molecule has 104 valence electrons. The number of pyridine rings is 1. The molecule has 0 radical (unpaired) electrons. The number of hydrogen-bond donors (Lipinski definition) is 0. The number of carbonyl (C=O) groups is 1. The van der Waals surface area contributed by atoms with Crippen LogP contribution in [0.3, 0.4) is 0 Å². The highest BCUT2D eigenvalue weighted by Crippen LogP contribution is 2.06. The lowest BCUT2D eigenvalue weighted by Crippen LogP contribution is -2.28. The third kappa shape index (κ3) is 3.88. The first-order valence-corrected chi connectivity index (χ1v) is 6.58. The first-order valence-electron chi connectivity index (χ1n) is 6.58. The Balaban J connectivity index is 1.84. The number of hydrogen-bond acceptors (Lipinski definition) is 2. The summed E-state index contributed by atoms with van der Waals surface area (Å²) in [6.07, 6.45) is 3.09. The van der Waals surface area contributed by atoms with Gasteiger partial charge in [0.1, 0.15) is 0 Å². The molecule has 0 aliphatic heterocycles. The molecule has 0 unspecified atom stereocenters. The van der Waals surface area contributed by atoms with Crippen LogP contribution in [0.5, 0.6) is 0 Å². The van der Waals surface area contributed by atoms with Crippen LogP contribution in [0.4, 0.5) is 4.39 Å². The minimum absolute atomic E-state index is 0.134. The molecule has 0 spiro atoms. The summed E-state index contributed by atoms with van der Waals surface area (Å²) in [5, 5.41) is 0. The van der Waals surface area contributed by atoms with E-state index in [1.54, 1.807) is 11.9 Å². The van der Waals surface area contributed by atoms with Crippen molar-refractivity contribution in [2.75, 3.05) is 13.6 Å². The zero-order valence-corrected chi connectivity index (χ0v) is 11.4. The van der Waals surface area contributed by atoms with E-state index in [0.29, 0.717) is 12.1 Å². The van der Waals surface area contributed by atoms with Gasteiger partial charge in [-0.05, 0) is 30.5 Å². The molecule has 1 aromatic heterocycles. The predicted molar refractivity (Wildman–Crippen MR) is 75.9 cm³/mol. The topological polar surface area (TPSA) is 33.2 Å². The Kier molecular flexibility index (Phi) is 4.82. The smallest absolute Gasteiger partial charge is 0.255 e. The Bertz CT molecular complexity index is 554. The summed E-state index contributed by atoms with van der Waals surface area (Å²) in [5.74, 6) is -0.709. The number of nitrogens with zero attached hydrogens (tertiary/aromatic N) is 2. The van der Waals surface area contributed by atoms with Gasteiger partial charge in [0, 0.05) is 19.8 Å². The first kappa shape index (κ1) is 14.2. The van der Waals surface area contributed by atoms with Crippen molar-refractivity contribution in [1.82, 2.24) is 9.88 Å². The van der Waals surface area contributed by atoms with Crippen LogP contribution < -0.4 is 0 Å². The summed E-state index contributed by atoms with van der Waals surface area (Å²) in [7, 11) is 1.75. The van der Waals surface area contributed by atoms with E-state index >= 15 is 0 Å². The number of carbonyl (C=O) groups excluding carboxylic acids is 1. The highest BCUT2D eigenvalue weighted by molar-refractivity contribution is 5.93. The lowest BCUT2D eigenvalue weighted by Gasteiger charge is -2.16. The maximum Gasteiger partial charge on any atom is 0.255 e. The maximum atomic E-state index is 12.7. The second-order valence-corrected chi connectivity index (χ2v) is 4.69. The summed E-state index contributed by atoms with van der Waals surface area (Å²) in [4.78, 5) is 17.2. The van der Waals surface area contributed by atoms with E-state index < -0.39 is 5.95 Å². The number of aryl methyl sites for hydroxylation is 1. The molecule has 0 fully saturated rings. The van der Waals surface area contributed by atoms with Gasteiger partial charge in [0.2, 0.25) is 5.95 Å². The molecule has 20 heavy (non-hydrogen) atoms. The van der Waals surface area contributed by atoms with Crippen molar-refractivity contribution in [3.63, 3.8) is 0 Å². The molecule has 1 aromatic carbocycles. The van der Waals surface area contributed by atoms with E-state index in [4.69, 9.17) is 0 Å². The highest BCUT2D eigenvalue weighted by atomic mass is 19.1. The van der Waals surface area contributed by atoms with Crippen LogP contribution in [0, 0.1) is 5.95 Å². The van der Waals surface area contributed by atoms with Crippen molar-refractivity contribution >= 4 is 5.91 Å². The van der Waals surface area contributed by atoms with Gasteiger partial charge >= 0.3 is 0 Å². The van der Waals surface area contributed by atoms with Gasteiger partial charge in [-0.15, -0.1) is 0 Å². The molecule has 1 amide bonds. The molecule has 0 saturated heterocycles. The van der Waals surface area contributed by atoms with E-state index in [2.05, 4.69) is 17.1 Å². The molecule has 0 bridgehead atoms. The lowest BCUT2D eigenvalue weighted by molar-refractivity contribution is 0.0793. The van der Waals surface area contributed by atoms with Crippen molar-refractivity contribution in [1.29, 1.82) is 0 Å². The highest BCUT2D eigenvalue weighted by Gasteiger charge is 2.11. The molecule has 4 heteroatoms. The van der Waals surface area contributed by atoms with Crippen molar-refractivity contribution < 1.29 is 9.18 Å². The third-order valence-electron chi connectivity index (χ3n) is 3.12. The van der Waals surface area contributed by atoms with Crippen molar-refractivity contribution in [2.24, 2.45) is 0 Å². The predicted octanol–water partition coefficient (Wildman–Crippen LogP) is 2.93. The first-order chi connectivity index (χ1) is 9.66. The summed E-state index contributed by atoms with van der Waals surface area (Å²) >= 11 is 0. The van der Waals surface area contributed by atoms with Gasteiger partial charge in [-0.25, -0.2) is 4.98 Å². The van der Waals surface area contributed by atoms with Gasteiger partial charge < -0.3 is 4.90 Å². The van der Waals surface area contributed by atoms with Gasteiger partial charge in [-0.2, -0.15) is 4.39 Å². The second-order valence-electron chi connectivity index (χ2n) is 4.69. The van der Waals surface area contributed by atoms with Gasteiger partial charge in [0.05, 0.1) is 5.56 Å². The SMILES string of the molecule is CN(CCCc1ccccc1)C(=O)c1ccc(F)nc1. The maximum absolute atomic E-state index is 12.7. The molecular formula is C16H17FN2O. The average Bonchev–Trinajstić information content (AvgIpc) is 2.48. The second kappa shape index (κ2) is 6.80. The van der Waals surface area contributed by atoms with Crippen LogP contribution in [0.15, 0.2) is 48.7 Å². The molecule has 2 rings (SSSR count). The van der Waals surface area contributed by atoms with Gasteiger partial charge in [0.15, 0.2) is 0 Å². The summed E-state index contributed by atoms with van der Waals surface area (Å²) in [6, 6.07) is 12.8. The number of benzene rings is 1. The summed E-state index contributed by atoms with van der Waals surface area (Å²) < 4.78 is 12.7. The normalized spacial score (nSPS) is 10.3. The van der Waals surface area contributed by atoms with Crippen LogP contribution >= 0.6 is 0 Å². The molecule has 0 atom stereocenters. The van der Waals surface area contributed by atoms with Crippen molar-refractivity contribution in [3.05, 3.63) is 65.7 Å². The minimum atomic E-state index is -0.576. The fourth-order valence-electron chi connectivity index (χ4n) is 1.99. The van der Waals surface area contributed by atoms with Crippen LogP contribution in [-0.4, -0.2) is 29.4 Å². The van der Waals surface area contributed by atoms with Crippen LogP contribution in [0.2, 0.25) is 0 Å². The van der Waals surface area contributed by atoms with E-state index in [1.807, 2.05) is 18.2 Å². The van der Waals surface area contributed by atoms with Crippen molar-refractivity contribution in [2.45, 2.75) is 12.8 Å². The largest absolute Gasteiger partial charge is 0.342 e. The number of aromatic nitrogens is 1. The monoisotopic (exact) mass is 272 g/mol. The third-order valence-corrected chi connectivity index (χ3v) is 3.12. The Labute approximate surface area is 118 Å². The standard InChI is InChI=1S/C16H17FN2O/c1-19(11-5-8-13-6-3-2-4-7-13)16(20)14-9-10-15(17)18-12-14/h2-4,6-7,9-10,12H,5,8,11H2,1H3. The van der Waals surface area contributed by atoms with Crippen LogP contribution in [0.25, 0.3) is 0 Å². The zero-order valence-electron chi connectivity index (χ0n) is 11.4. The molecule has 0 aliphatic carbocycles. The quantitative estimate of drug-likeness (QED) is 0.784. The Morgan fingerprint density at radius 1 is 1.20 bits per heavy atom.